The fourth-order valence-corrected chi connectivity index (χ4v) is 6.31. The molecule has 184 valence electrons. The highest BCUT2D eigenvalue weighted by Crippen LogP contribution is 2.45. The largest absolute Gasteiger partial charge is 0.385 e. The molecule has 0 unspecified atom stereocenters. The molecule has 36 heavy (non-hydrogen) atoms. The number of benzene rings is 2. The van der Waals surface area contributed by atoms with E-state index in [0.717, 1.165) is 78.3 Å². The molecule has 3 heterocycles. The second kappa shape index (κ2) is 8.38. The molecule has 2 aromatic carbocycles. The number of hydrogen-bond donors (Lipinski definition) is 2. The summed E-state index contributed by atoms with van der Waals surface area (Å²) in [4.78, 5) is 4.64. The number of fused-ring (bicyclic) bond motifs is 2. The third-order valence-electron chi connectivity index (χ3n) is 8.25. The van der Waals surface area contributed by atoms with Crippen molar-refractivity contribution < 1.29 is 14.6 Å². The Kier molecular flexibility index (Phi) is 5.22. The summed E-state index contributed by atoms with van der Waals surface area (Å²) < 4.78 is 12.0. The lowest BCUT2D eigenvalue weighted by Crippen LogP contribution is -2.33. The van der Waals surface area contributed by atoms with Crippen LogP contribution in [0.5, 0.6) is 0 Å². The lowest BCUT2D eigenvalue weighted by atomic mass is 9.75. The number of aliphatic hydroxyl groups is 1. The van der Waals surface area contributed by atoms with Gasteiger partial charge in [0.1, 0.15) is 0 Å². The molecular weight excluding hydrogens is 474 g/mol. The Bertz CT molecular complexity index is 1470. The van der Waals surface area contributed by atoms with Gasteiger partial charge in [0.15, 0.2) is 11.4 Å². The van der Waals surface area contributed by atoms with Crippen LogP contribution in [-0.2, 0) is 27.9 Å². The lowest BCUT2D eigenvalue weighted by molar-refractivity contribution is -0.164. The Hall–Kier alpha value is -2.77. The van der Waals surface area contributed by atoms with E-state index in [1.54, 1.807) is 0 Å². The van der Waals surface area contributed by atoms with Crippen molar-refractivity contribution in [2.45, 2.75) is 56.3 Å². The van der Waals surface area contributed by atoms with Gasteiger partial charge in [0.25, 0.3) is 0 Å². The van der Waals surface area contributed by atoms with Crippen molar-refractivity contribution >= 4 is 22.6 Å². The molecule has 2 fully saturated rings. The summed E-state index contributed by atoms with van der Waals surface area (Å²) >= 11 is 6.62. The van der Waals surface area contributed by atoms with Crippen LogP contribution in [0.3, 0.4) is 0 Å². The number of aromatic amines is 1. The topological polar surface area (TPSA) is 80.3 Å². The van der Waals surface area contributed by atoms with Crippen molar-refractivity contribution in [3.8, 4) is 22.4 Å². The number of halogens is 1. The Balaban J connectivity index is 1.22. The van der Waals surface area contributed by atoms with E-state index in [-0.39, 0.29) is 0 Å². The number of ether oxygens (including phenoxy) is 2. The van der Waals surface area contributed by atoms with Crippen molar-refractivity contribution in [1.29, 1.82) is 0 Å². The highest BCUT2D eigenvalue weighted by Gasteiger charge is 2.38. The molecule has 1 saturated heterocycles. The van der Waals surface area contributed by atoms with Crippen LogP contribution in [0.25, 0.3) is 33.4 Å². The highest BCUT2D eigenvalue weighted by molar-refractivity contribution is 6.31. The SMILES string of the molecule is OC1(c2ccc(-c3[nH]nc4ncc(-c5ccc6c(c5)CCC5(CC6)OCCO5)cc34)cc2Cl)CCC1. The van der Waals surface area contributed by atoms with E-state index >= 15 is 0 Å². The second-order valence-corrected chi connectivity index (χ2v) is 10.8. The molecule has 1 saturated carbocycles. The molecule has 1 spiro atoms. The van der Waals surface area contributed by atoms with Crippen LogP contribution >= 0.6 is 11.6 Å². The number of pyridine rings is 1. The highest BCUT2D eigenvalue weighted by atomic mass is 35.5. The van der Waals surface area contributed by atoms with E-state index in [9.17, 15) is 5.11 Å². The monoisotopic (exact) mass is 501 g/mol. The molecule has 0 bridgehead atoms. The van der Waals surface area contributed by atoms with Gasteiger partial charge in [0, 0.05) is 46.1 Å². The molecular formula is C29H28ClN3O3. The Labute approximate surface area is 214 Å². The molecule has 7 rings (SSSR count). The molecule has 4 aromatic rings. The molecule has 2 aliphatic carbocycles. The maximum Gasteiger partial charge on any atom is 0.181 e. The van der Waals surface area contributed by atoms with Gasteiger partial charge in [-0.25, -0.2) is 4.98 Å². The normalized spacial score (nSPS) is 20.3. The summed E-state index contributed by atoms with van der Waals surface area (Å²) in [6, 6.07) is 14.7. The summed E-state index contributed by atoms with van der Waals surface area (Å²) in [5.74, 6) is -0.406. The summed E-state index contributed by atoms with van der Waals surface area (Å²) in [5, 5.41) is 19.9. The fourth-order valence-electron chi connectivity index (χ4n) is 5.95. The zero-order chi connectivity index (χ0) is 24.3. The standard InChI is InChI=1S/C29H28ClN3O3/c30-25-16-21(4-5-24(25)28(34)8-1-9-28)26-23-15-22(17-31-27(23)33-32-26)19-3-2-18-6-10-29(35-12-13-36-29)11-7-20(18)14-19/h2-5,14-17,34H,1,6-13H2,(H,31,32,33). The Morgan fingerprint density at radius 2 is 1.64 bits per heavy atom. The third kappa shape index (κ3) is 3.67. The number of nitrogens with zero attached hydrogens (tertiary/aromatic N) is 2. The zero-order valence-electron chi connectivity index (χ0n) is 20.0. The van der Waals surface area contributed by atoms with Crippen molar-refractivity contribution in [1.82, 2.24) is 15.2 Å². The average molecular weight is 502 g/mol. The zero-order valence-corrected chi connectivity index (χ0v) is 20.8. The van der Waals surface area contributed by atoms with Gasteiger partial charge in [-0.15, -0.1) is 0 Å². The van der Waals surface area contributed by atoms with Crippen molar-refractivity contribution in [2.75, 3.05) is 13.2 Å². The first-order valence-corrected chi connectivity index (χ1v) is 13.2. The van der Waals surface area contributed by atoms with Gasteiger partial charge in [-0.2, -0.15) is 5.10 Å². The van der Waals surface area contributed by atoms with E-state index in [1.807, 2.05) is 24.4 Å². The molecule has 0 radical (unpaired) electrons. The number of rotatable bonds is 3. The molecule has 0 amide bonds. The molecule has 3 aliphatic rings. The molecule has 2 N–H and O–H groups in total. The number of H-pyrrole nitrogens is 1. The number of aromatic nitrogens is 3. The first kappa shape index (κ1) is 22.4. The van der Waals surface area contributed by atoms with Gasteiger partial charge in [0.05, 0.1) is 24.5 Å². The summed E-state index contributed by atoms with van der Waals surface area (Å²) in [5.41, 5.74) is 7.40. The minimum absolute atomic E-state index is 0.406. The maximum atomic E-state index is 10.8. The van der Waals surface area contributed by atoms with Gasteiger partial charge < -0.3 is 14.6 Å². The van der Waals surface area contributed by atoms with Gasteiger partial charge >= 0.3 is 0 Å². The van der Waals surface area contributed by atoms with Crippen LogP contribution in [0.15, 0.2) is 48.7 Å². The van der Waals surface area contributed by atoms with Gasteiger partial charge in [0.2, 0.25) is 0 Å². The smallest absolute Gasteiger partial charge is 0.181 e. The predicted octanol–water partition coefficient (Wildman–Crippen LogP) is 5.94. The van der Waals surface area contributed by atoms with Crippen LogP contribution in [0, 0.1) is 0 Å². The van der Waals surface area contributed by atoms with Crippen molar-refractivity contribution in [2.24, 2.45) is 0 Å². The quantitative estimate of drug-likeness (QED) is 0.363. The lowest BCUT2D eigenvalue weighted by Gasteiger charge is -2.37. The first-order valence-electron chi connectivity index (χ1n) is 12.8. The molecule has 1 aliphatic heterocycles. The predicted molar refractivity (Wildman–Crippen MR) is 139 cm³/mol. The maximum absolute atomic E-state index is 10.8. The third-order valence-corrected chi connectivity index (χ3v) is 8.57. The minimum Gasteiger partial charge on any atom is -0.385 e. The van der Waals surface area contributed by atoms with Crippen LogP contribution in [-0.4, -0.2) is 39.3 Å². The van der Waals surface area contributed by atoms with Crippen molar-refractivity contribution in [3.05, 3.63) is 70.4 Å². The Morgan fingerprint density at radius 1 is 0.861 bits per heavy atom. The van der Waals surface area contributed by atoms with Gasteiger partial charge in [-0.1, -0.05) is 41.9 Å². The summed E-state index contributed by atoms with van der Waals surface area (Å²) in [6.07, 6.45) is 8.13. The average Bonchev–Trinajstić information content (AvgIpc) is 3.47. The summed E-state index contributed by atoms with van der Waals surface area (Å²) in [7, 11) is 0. The number of hydrogen-bond acceptors (Lipinski definition) is 5. The Morgan fingerprint density at radius 3 is 2.39 bits per heavy atom. The second-order valence-electron chi connectivity index (χ2n) is 10.4. The van der Waals surface area contributed by atoms with Crippen LogP contribution in [0.1, 0.15) is 48.8 Å². The molecule has 2 aromatic heterocycles. The van der Waals surface area contributed by atoms with E-state index in [0.29, 0.717) is 23.9 Å². The van der Waals surface area contributed by atoms with E-state index in [2.05, 4.69) is 39.4 Å². The molecule has 6 nitrogen and oxygen atoms in total. The van der Waals surface area contributed by atoms with Crippen LogP contribution < -0.4 is 0 Å². The van der Waals surface area contributed by atoms with Crippen molar-refractivity contribution in [3.63, 3.8) is 0 Å². The summed E-state index contributed by atoms with van der Waals surface area (Å²) in [6.45, 7) is 1.38. The van der Waals surface area contributed by atoms with Gasteiger partial charge in [-0.3, -0.25) is 5.10 Å². The fraction of sp³-hybridized carbons (Fsp3) is 0.379. The van der Waals surface area contributed by atoms with Crippen LogP contribution in [0.4, 0.5) is 0 Å². The molecule has 0 atom stereocenters. The van der Waals surface area contributed by atoms with Gasteiger partial charge in [-0.05, 0) is 60.9 Å². The first-order chi connectivity index (χ1) is 17.5. The van der Waals surface area contributed by atoms with E-state index in [4.69, 9.17) is 21.1 Å². The number of aryl methyl sites for hydroxylation is 2. The minimum atomic E-state index is -0.790. The van der Waals surface area contributed by atoms with Crippen LogP contribution in [0.2, 0.25) is 5.02 Å². The van der Waals surface area contributed by atoms with E-state index in [1.165, 1.54) is 11.1 Å². The number of nitrogens with one attached hydrogen (secondary N) is 1. The molecule has 7 heteroatoms. The van der Waals surface area contributed by atoms with E-state index < -0.39 is 11.4 Å².